The molecule has 1 atom stereocenters. The lowest BCUT2D eigenvalue weighted by Gasteiger charge is -2.18. The van der Waals surface area contributed by atoms with Crippen molar-refractivity contribution in [2.24, 2.45) is 5.73 Å². The summed E-state index contributed by atoms with van der Waals surface area (Å²) in [6.45, 7) is 2.03. The minimum absolute atomic E-state index is 0.383. The predicted octanol–water partition coefficient (Wildman–Crippen LogP) is 2.55. The molecule has 0 radical (unpaired) electrons. The van der Waals surface area contributed by atoms with Gasteiger partial charge in [-0.05, 0) is 42.8 Å². The van der Waals surface area contributed by atoms with E-state index in [9.17, 15) is 4.79 Å². The third-order valence-electron chi connectivity index (χ3n) is 3.59. The van der Waals surface area contributed by atoms with Crippen molar-refractivity contribution in [3.8, 4) is 0 Å². The van der Waals surface area contributed by atoms with Crippen LogP contribution >= 0.6 is 11.8 Å². The molecule has 0 saturated carbocycles. The molecule has 5 heteroatoms. The van der Waals surface area contributed by atoms with Crippen LogP contribution in [-0.2, 0) is 0 Å². The second-order valence-electron chi connectivity index (χ2n) is 5.05. The molecule has 3 rings (SSSR count). The first-order chi connectivity index (χ1) is 10.2. The van der Waals surface area contributed by atoms with Gasteiger partial charge in [-0.1, -0.05) is 6.07 Å². The number of carbonyl (C=O) groups excluding carboxylic acids is 1. The van der Waals surface area contributed by atoms with E-state index >= 15 is 0 Å². The number of pyridine rings is 1. The lowest BCUT2D eigenvalue weighted by molar-refractivity contribution is 0.100. The highest BCUT2D eigenvalue weighted by atomic mass is 32.2. The van der Waals surface area contributed by atoms with Gasteiger partial charge in [-0.15, -0.1) is 11.8 Å². The van der Waals surface area contributed by atoms with Crippen LogP contribution in [0.4, 0.5) is 5.69 Å². The van der Waals surface area contributed by atoms with Crippen LogP contribution in [0.15, 0.2) is 53.7 Å². The summed E-state index contributed by atoms with van der Waals surface area (Å²) in [4.78, 5) is 17.8. The zero-order valence-corrected chi connectivity index (χ0v) is 12.4. The largest absolute Gasteiger partial charge is 0.370 e. The SMILES string of the molecule is NC(=O)c1ccc(N2CCC(Sc3ccccn3)C2)cc1. The summed E-state index contributed by atoms with van der Waals surface area (Å²) in [5, 5.41) is 1.63. The Labute approximate surface area is 128 Å². The number of hydrogen-bond acceptors (Lipinski definition) is 4. The minimum atomic E-state index is -0.383. The molecule has 108 valence electrons. The molecule has 0 bridgehead atoms. The molecule has 1 aromatic carbocycles. The van der Waals surface area contributed by atoms with Gasteiger partial charge in [0.1, 0.15) is 0 Å². The molecule has 0 spiro atoms. The zero-order chi connectivity index (χ0) is 14.7. The zero-order valence-electron chi connectivity index (χ0n) is 11.6. The molecule has 1 fully saturated rings. The van der Waals surface area contributed by atoms with E-state index in [4.69, 9.17) is 5.73 Å². The smallest absolute Gasteiger partial charge is 0.248 e. The van der Waals surface area contributed by atoms with Gasteiger partial charge in [0.2, 0.25) is 5.91 Å². The van der Waals surface area contributed by atoms with E-state index in [0.717, 1.165) is 30.2 Å². The summed E-state index contributed by atoms with van der Waals surface area (Å²) in [6.07, 6.45) is 2.97. The van der Waals surface area contributed by atoms with Gasteiger partial charge in [0.15, 0.2) is 0 Å². The minimum Gasteiger partial charge on any atom is -0.370 e. The first kappa shape index (κ1) is 13.9. The Hall–Kier alpha value is -2.01. The van der Waals surface area contributed by atoms with E-state index in [-0.39, 0.29) is 5.91 Å². The normalized spacial score (nSPS) is 17.9. The van der Waals surface area contributed by atoms with Crippen molar-refractivity contribution >= 4 is 23.4 Å². The van der Waals surface area contributed by atoms with E-state index < -0.39 is 0 Å². The number of anilines is 1. The molecule has 21 heavy (non-hydrogen) atoms. The summed E-state index contributed by atoms with van der Waals surface area (Å²) in [6, 6.07) is 13.5. The maximum Gasteiger partial charge on any atom is 0.248 e. The van der Waals surface area contributed by atoms with Crippen molar-refractivity contribution < 1.29 is 4.79 Å². The maximum atomic E-state index is 11.1. The average Bonchev–Trinajstić information content (AvgIpc) is 2.97. The molecule has 2 aromatic rings. The molecular formula is C16H17N3OS. The second kappa shape index (κ2) is 6.18. The Morgan fingerprint density at radius 1 is 1.24 bits per heavy atom. The maximum absolute atomic E-state index is 11.1. The van der Waals surface area contributed by atoms with E-state index in [2.05, 4.69) is 16.0 Å². The van der Waals surface area contributed by atoms with Gasteiger partial charge in [0.25, 0.3) is 0 Å². The first-order valence-electron chi connectivity index (χ1n) is 6.95. The van der Waals surface area contributed by atoms with Crippen molar-refractivity contribution in [2.45, 2.75) is 16.7 Å². The van der Waals surface area contributed by atoms with E-state index in [0.29, 0.717) is 10.8 Å². The fourth-order valence-electron chi connectivity index (χ4n) is 2.48. The summed E-state index contributed by atoms with van der Waals surface area (Å²) in [5.74, 6) is -0.383. The molecule has 1 saturated heterocycles. The molecule has 2 N–H and O–H groups in total. The van der Waals surface area contributed by atoms with Crippen LogP contribution in [0.1, 0.15) is 16.8 Å². The van der Waals surface area contributed by atoms with Crippen LogP contribution in [0.3, 0.4) is 0 Å². The Kier molecular flexibility index (Phi) is 4.10. The summed E-state index contributed by atoms with van der Waals surface area (Å²) >= 11 is 1.83. The van der Waals surface area contributed by atoms with Crippen LogP contribution in [0, 0.1) is 0 Å². The highest BCUT2D eigenvalue weighted by molar-refractivity contribution is 7.99. The van der Waals surface area contributed by atoms with Gasteiger partial charge in [-0.2, -0.15) is 0 Å². The fraction of sp³-hybridized carbons (Fsp3) is 0.250. The molecule has 0 aliphatic carbocycles. The van der Waals surface area contributed by atoms with Crippen LogP contribution in [0.2, 0.25) is 0 Å². The van der Waals surface area contributed by atoms with Gasteiger partial charge in [0.05, 0.1) is 5.03 Å². The van der Waals surface area contributed by atoms with Crippen molar-refractivity contribution in [2.75, 3.05) is 18.0 Å². The van der Waals surface area contributed by atoms with E-state index in [1.807, 2.05) is 42.2 Å². The van der Waals surface area contributed by atoms with Crippen molar-refractivity contribution in [1.82, 2.24) is 4.98 Å². The number of primary amides is 1. The Morgan fingerprint density at radius 2 is 2.05 bits per heavy atom. The van der Waals surface area contributed by atoms with Crippen molar-refractivity contribution in [3.05, 3.63) is 54.2 Å². The molecule has 2 heterocycles. The molecule has 1 unspecified atom stereocenters. The summed E-state index contributed by atoms with van der Waals surface area (Å²) < 4.78 is 0. The molecule has 1 aliphatic rings. The highest BCUT2D eigenvalue weighted by Gasteiger charge is 2.23. The lowest BCUT2D eigenvalue weighted by atomic mass is 10.2. The standard InChI is InChI=1S/C16H17N3OS/c17-16(20)12-4-6-13(7-5-12)19-10-8-14(11-19)21-15-3-1-2-9-18-15/h1-7,9,14H,8,10-11H2,(H2,17,20). The number of amides is 1. The van der Waals surface area contributed by atoms with Gasteiger partial charge in [-0.3, -0.25) is 4.79 Å². The number of hydrogen-bond donors (Lipinski definition) is 1. The van der Waals surface area contributed by atoms with Crippen molar-refractivity contribution in [3.63, 3.8) is 0 Å². The first-order valence-corrected chi connectivity index (χ1v) is 7.83. The molecule has 4 nitrogen and oxygen atoms in total. The Bertz CT molecular complexity index is 615. The van der Waals surface area contributed by atoms with Gasteiger partial charge >= 0.3 is 0 Å². The lowest BCUT2D eigenvalue weighted by Crippen LogP contribution is -2.20. The van der Waals surface area contributed by atoms with Crippen LogP contribution < -0.4 is 10.6 Å². The molecule has 1 amide bonds. The molecule has 1 aliphatic heterocycles. The number of benzene rings is 1. The Balaban J connectivity index is 1.62. The average molecular weight is 299 g/mol. The van der Waals surface area contributed by atoms with Gasteiger partial charge in [-0.25, -0.2) is 4.98 Å². The summed E-state index contributed by atoms with van der Waals surface area (Å²) in [5.41, 5.74) is 6.96. The summed E-state index contributed by atoms with van der Waals surface area (Å²) in [7, 11) is 0. The highest BCUT2D eigenvalue weighted by Crippen LogP contribution is 2.30. The van der Waals surface area contributed by atoms with Crippen LogP contribution in [-0.4, -0.2) is 29.2 Å². The predicted molar refractivity (Wildman–Crippen MR) is 85.7 cm³/mol. The van der Waals surface area contributed by atoms with E-state index in [1.54, 1.807) is 12.1 Å². The molecule has 1 aromatic heterocycles. The van der Waals surface area contributed by atoms with Crippen molar-refractivity contribution in [1.29, 1.82) is 0 Å². The van der Waals surface area contributed by atoms with Gasteiger partial charge < -0.3 is 10.6 Å². The number of aromatic nitrogens is 1. The second-order valence-corrected chi connectivity index (χ2v) is 6.37. The number of nitrogens with two attached hydrogens (primary N) is 1. The number of nitrogens with zero attached hydrogens (tertiary/aromatic N) is 2. The third kappa shape index (κ3) is 3.36. The topological polar surface area (TPSA) is 59.2 Å². The number of carbonyl (C=O) groups is 1. The van der Waals surface area contributed by atoms with E-state index in [1.165, 1.54) is 0 Å². The monoisotopic (exact) mass is 299 g/mol. The molecular weight excluding hydrogens is 282 g/mol. The third-order valence-corrected chi connectivity index (χ3v) is 4.79. The quantitative estimate of drug-likeness (QED) is 0.942. The number of rotatable bonds is 4. The van der Waals surface area contributed by atoms with Crippen LogP contribution in [0.5, 0.6) is 0 Å². The Morgan fingerprint density at radius 3 is 2.71 bits per heavy atom. The number of thioether (sulfide) groups is 1. The van der Waals surface area contributed by atoms with Gasteiger partial charge in [0, 0.05) is 35.8 Å². The fourth-order valence-corrected chi connectivity index (χ4v) is 3.58. The van der Waals surface area contributed by atoms with Crippen LogP contribution in [0.25, 0.3) is 0 Å².